The first-order valence-corrected chi connectivity index (χ1v) is 3.64. The van der Waals surface area contributed by atoms with Crippen molar-refractivity contribution in [2.75, 3.05) is 6.54 Å². The average molecular weight is 168 g/mol. The topological polar surface area (TPSA) is 116 Å². The molecule has 10 heavy (non-hydrogen) atoms. The molecular formula is C3H8N2O4S. The van der Waals surface area contributed by atoms with E-state index < -0.39 is 10.4 Å². The molecule has 0 saturated carbocycles. The minimum Gasteiger partial charge on any atom is -0.402 e. The molecule has 7 heteroatoms. The van der Waals surface area contributed by atoms with Crippen molar-refractivity contribution in [2.24, 2.45) is 11.5 Å². The fourth-order valence-corrected chi connectivity index (χ4v) is 0.659. The first-order valence-electron chi connectivity index (χ1n) is 2.27. The van der Waals surface area contributed by atoms with E-state index in [1.54, 1.807) is 0 Å². The van der Waals surface area contributed by atoms with Crippen LogP contribution in [0, 0.1) is 0 Å². The van der Waals surface area contributed by atoms with Crippen LogP contribution in [-0.2, 0) is 14.6 Å². The Bertz CT molecular complexity index is 219. The highest BCUT2D eigenvalue weighted by Crippen LogP contribution is 1.96. The maximum atomic E-state index is 9.94. The summed E-state index contributed by atoms with van der Waals surface area (Å²) in [5.74, 6) is -0.206. The average Bonchev–Trinajstić information content (AvgIpc) is 1.81. The van der Waals surface area contributed by atoms with Crippen LogP contribution >= 0.6 is 0 Å². The summed E-state index contributed by atoms with van der Waals surface area (Å²) >= 11 is 0. The van der Waals surface area contributed by atoms with E-state index in [1.807, 2.05) is 0 Å². The summed E-state index contributed by atoms with van der Waals surface area (Å²) in [5.41, 5.74) is 9.79. The van der Waals surface area contributed by atoms with Gasteiger partial charge in [-0.2, -0.15) is 8.42 Å². The summed E-state index contributed by atoms with van der Waals surface area (Å²) in [7, 11) is -4.48. The van der Waals surface area contributed by atoms with Crippen molar-refractivity contribution in [1.82, 2.24) is 0 Å². The SMILES string of the molecule is NC=C(CN)OS(=O)(=O)O. The molecule has 0 aliphatic carbocycles. The van der Waals surface area contributed by atoms with Gasteiger partial charge in [0.05, 0.1) is 6.54 Å². The quantitative estimate of drug-likeness (QED) is 0.351. The summed E-state index contributed by atoms with van der Waals surface area (Å²) in [6.07, 6.45) is 0.855. The van der Waals surface area contributed by atoms with E-state index >= 15 is 0 Å². The van der Waals surface area contributed by atoms with Crippen molar-refractivity contribution in [2.45, 2.75) is 0 Å². The van der Waals surface area contributed by atoms with Gasteiger partial charge in [0.2, 0.25) is 0 Å². The molecule has 0 radical (unpaired) electrons. The maximum absolute atomic E-state index is 9.94. The number of nitrogens with two attached hydrogens (primary N) is 2. The van der Waals surface area contributed by atoms with Crippen LogP contribution in [-0.4, -0.2) is 19.5 Å². The minimum atomic E-state index is -4.48. The molecule has 60 valence electrons. The molecule has 0 aromatic heterocycles. The monoisotopic (exact) mass is 168 g/mol. The van der Waals surface area contributed by atoms with Crippen LogP contribution in [0.3, 0.4) is 0 Å². The fraction of sp³-hybridized carbons (Fsp3) is 0.333. The van der Waals surface area contributed by atoms with Gasteiger partial charge in [-0.3, -0.25) is 4.55 Å². The number of rotatable bonds is 3. The first-order chi connectivity index (χ1) is 4.49. The molecule has 0 fully saturated rings. The van der Waals surface area contributed by atoms with Crippen LogP contribution in [0.2, 0.25) is 0 Å². The van der Waals surface area contributed by atoms with Gasteiger partial charge in [-0.05, 0) is 0 Å². The zero-order valence-corrected chi connectivity index (χ0v) is 5.84. The van der Waals surface area contributed by atoms with Crippen LogP contribution in [0.25, 0.3) is 0 Å². The molecule has 0 spiro atoms. The molecule has 0 bridgehead atoms. The predicted octanol–water partition coefficient (Wildman–Crippen LogP) is -1.44. The van der Waals surface area contributed by atoms with Gasteiger partial charge in [-0.15, -0.1) is 0 Å². The molecule has 5 N–H and O–H groups in total. The van der Waals surface area contributed by atoms with Gasteiger partial charge in [-0.1, -0.05) is 0 Å². The summed E-state index contributed by atoms with van der Waals surface area (Å²) in [5, 5.41) is 0. The second-order valence-corrected chi connectivity index (χ2v) is 2.37. The largest absolute Gasteiger partial charge is 0.446 e. The number of hydrogen-bond acceptors (Lipinski definition) is 5. The lowest BCUT2D eigenvalue weighted by Gasteiger charge is -2.00. The van der Waals surface area contributed by atoms with Crippen molar-refractivity contribution in [1.29, 1.82) is 0 Å². The lowest BCUT2D eigenvalue weighted by atomic mass is 10.5. The third-order valence-electron chi connectivity index (χ3n) is 0.599. The molecular weight excluding hydrogens is 160 g/mol. The summed E-state index contributed by atoms with van der Waals surface area (Å²) in [4.78, 5) is 0. The van der Waals surface area contributed by atoms with E-state index in [1.165, 1.54) is 0 Å². The Kier molecular flexibility index (Phi) is 3.13. The summed E-state index contributed by atoms with van der Waals surface area (Å²) < 4.78 is 31.8. The molecule has 0 rings (SSSR count). The third-order valence-corrected chi connectivity index (χ3v) is 1.02. The van der Waals surface area contributed by atoms with E-state index in [0.717, 1.165) is 6.20 Å². The van der Waals surface area contributed by atoms with E-state index in [0.29, 0.717) is 0 Å². The summed E-state index contributed by atoms with van der Waals surface area (Å²) in [6, 6.07) is 0. The van der Waals surface area contributed by atoms with Crippen LogP contribution in [0.4, 0.5) is 0 Å². The van der Waals surface area contributed by atoms with Crippen LogP contribution < -0.4 is 11.5 Å². The van der Waals surface area contributed by atoms with E-state index in [9.17, 15) is 8.42 Å². The zero-order chi connectivity index (χ0) is 8.20. The molecule has 0 heterocycles. The van der Waals surface area contributed by atoms with Crippen molar-refractivity contribution in [3.05, 3.63) is 12.0 Å². The van der Waals surface area contributed by atoms with Crippen molar-refractivity contribution >= 4 is 10.4 Å². The van der Waals surface area contributed by atoms with E-state index in [2.05, 4.69) is 4.18 Å². The standard InChI is InChI=1S/C3H8N2O4S/c4-1-3(2-5)9-10(6,7)8/h1H,2,4-5H2,(H,6,7,8). The highest BCUT2D eigenvalue weighted by Gasteiger charge is 2.06. The van der Waals surface area contributed by atoms with Gasteiger partial charge in [0.25, 0.3) is 0 Å². The molecule has 0 unspecified atom stereocenters. The van der Waals surface area contributed by atoms with Gasteiger partial charge in [0.15, 0.2) is 5.76 Å². The maximum Gasteiger partial charge on any atom is 0.446 e. The molecule has 0 aliphatic heterocycles. The predicted molar refractivity (Wildman–Crippen MR) is 34.0 cm³/mol. The Labute approximate surface area is 58.4 Å². The molecule has 0 saturated heterocycles. The lowest BCUT2D eigenvalue weighted by molar-refractivity contribution is 0.328. The first kappa shape index (κ1) is 9.21. The zero-order valence-electron chi connectivity index (χ0n) is 5.02. The smallest absolute Gasteiger partial charge is 0.402 e. The van der Waals surface area contributed by atoms with Crippen LogP contribution in [0.1, 0.15) is 0 Å². The molecule has 0 atom stereocenters. The Morgan fingerprint density at radius 2 is 2.20 bits per heavy atom. The van der Waals surface area contributed by atoms with E-state index in [4.69, 9.17) is 16.0 Å². The van der Waals surface area contributed by atoms with Crippen LogP contribution in [0.5, 0.6) is 0 Å². The fourth-order valence-electron chi connectivity index (χ4n) is 0.265. The summed E-state index contributed by atoms with van der Waals surface area (Å²) in [6.45, 7) is -0.184. The second-order valence-electron chi connectivity index (χ2n) is 1.35. The normalized spacial score (nSPS) is 13.2. The molecule has 0 aliphatic rings. The minimum absolute atomic E-state index is 0.184. The molecule has 6 nitrogen and oxygen atoms in total. The van der Waals surface area contributed by atoms with Gasteiger partial charge in [-0.25, -0.2) is 0 Å². The third kappa shape index (κ3) is 4.13. The number of hydrogen-bond donors (Lipinski definition) is 3. The second kappa shape index (κ2) is 3.40. The Morgan fingerprint density at radius 1 is 1.70 bits per heavy atom. The highest BCUT2D eigenvalue weighted by atomic mass is 32.3. The lowest BCUT2D eigenvalue weighted by Crippen LogP contribution is -2.12. The van der Waals surface area contributed by atoms with Gasteiger partial charge < -0.3 is 15.7 Å². The Balaban J connectivity index is 4.16. The highest BCUT2D eigenvalue weighted by molar-refractivity contribution is 7.81. The Morgan fingerprint density at radius 3 is 2.30 bits per heavy atom. The molecule has 0 amide bonds. The Hall–Kier alpha value is -0.790. The van der Waals surface area contributed by atoms with E-state index in [-0.39, 0.29) is 12.3 Å². The van der Waals surface area contributed by atoms with Crippen LogP contribution in [0.15, 0.2) is 12.0 Å². The van der Waals surface area contributed by atoms with Gasteiger partial charge >= 0.3 is 10.4 Å². The molecule has 0 aromatic carbocycles. The van der Waals surface area contributed by atoms with Gasteiger partial charge in [0, 0.05) is 6.20 Å². The van der Waals surface area contributed by atoms with Gasteiger partial charge in [0.1, 0.15) is 0 Å². The van der Waals surface area contributed by atoms with Crippen molar-refractivity contribution in [3.63, 3.8) is 0 Å². The molecule has 0 aromatic rings. The van der Waals surface area contributed by atoms with Crippen molar-refractivity contribution < 1.29 is 17.2 Å². The van der Waals surface area contributed by atoms with Crippen molar-refractivity contribution in [3.8, 4) is 0 Å².